The van der Waals surface area contributed by atoms with Crippen LogP contribution in [0.25, 0.3) is 0 Å². The summed E-state index contributed by atoms with van der Waals surface area (Å²) in [6, 6.07) is 2.55. The molecule has 1 amide bonds. The van der Waals surface area contributed by atoms with Gasteiger partial charge < -0.3 is 10.0 Å². The van der Waals surface area contributed by atoms with E-state index in [-0.39, 0.29) is 35.7 Å². The van der Waals surface area contributed by atoms with Crippen LogP contribution >= 0.6 is 11.6 Å². The van der Waals surface area contributed by atoms with Crippen molar-refractivity contribution < 1.29 is 18.3 Å². The molecular formula is C12H15ClN2O4S. The Morgan fingerprint density at radius 2 is 2.30 bits per heavy atom. The first kappa shape index (κ1) is 15.2. The molecule has 1 aliphatic heterocycles. The molecule has 1 aliphatic rings. The molecule has 0 spiro atoms. The van der Waals surface area contributed by atoms with Gasteiger partial charge in [0.2, 0.25) is 0 Å². The highest BCUT2D eigenvalue weighted by Gasteiger charge is 2.34. The minimum Gasteiger partial charge on any atom is -0.395 e. The Labute approximate surface area is 122 Å². The van der Waals surface area contributed by atoms with Gasteiger partial charge in [0.1, 0.15) is 5.15 Å². The van der Waals surface area contributed by atoms with Gasteiger partial charge in [0.15, 0.2) is 9.84 Å². The molecule has 2 rings (SSSR count). The van der Waals surface area contributed by atoms with E-state index < -0.39 is 15.9 Å². The fourth-order valence-electron chi connectivity index (χ4n) is 2.28. The zero-order valence-corrected chi connectivity index (χ0v) is 12.3. The van der Waals surface area contributed by atoms with Crippen LogP contribution in [-0.4, -0.2) is 60.0 Å². The van der Waals surface area contributed by atoms with Crippen LogP contribution in [0.1, 0.15) is 16.8 Å². The summed E-state index contributed by atoms with van der Waals surface area (Å²) in [5.74, 6) is -0.327. The van der Waals surface area contributed by atoms with Crippen molar-refractivity contribution in [2.45, 2.75) is 12.5 Å². The van der Waals surface area contributed by atoms with Crippen LogP contribution in [0.5, 0.6) is 0 Å². The molecule has 2 heterocycles. The minimum atomic E-state index is -3.10. The number of rotatable bonds is 4. The Morgan fingerprint density at radius 3 is 2.85 bits per heavy atom. The molecule has 1 saturated heterocycles. The van der Waals surface area contributed by atoms with E-state index in [2.05, 4.69) is 4.98 Å². The van der Waals surface area contributed by atoms with E-state index in [1.165, 1.54) is 23.2 Å². The summed E-state index contributed by atoms with van der Waals surface area (Å²) in [7, 11) is -3.10. The highest BCUT2D eigenvalue weighted by Crippen LogP contribution is 2.20. The van der Waals surface area contributed by atoms with Crippen LogP contribution in [-0.2, 0) is 9.84 Å². The van der Waals surface area contributed by atoms with Crippen molar-refractivity contribution in [3.05, 3.63) is 29.0 Å². The van der Waals surface area contributed by atoms with E-state index in [1.54, 1.807) is 0 Å². The number of carbonyl (C=O) groups excluding carboxylic acids is 1. The summed E-state index contributed by atoms with van der Waals surface area (Å²) in [6.45, 7) is -0.125. The van der Waals surface area contributed by atoms with Gasteiger partial charge in [0.05, 0.1) is 18.1 Å². The van der Waals surface area contributed by atoms with Crippen LogP contribution in [0.4, 0.5) is 0 Å². The van der Waals surface area contributed by atoms with Crippen molar-refractivity contribution >= 4 is 27.3 Å². The molecule has 0 saturated carbocycles. The Bertz CT molecular complexity index is 605. The zero-order valence-electron chi connectivity index (χ0n) is 10.7. The molecule has 1 aromatic heterocycles. The van der Waals surface area contributed by atoms with Gasteiger partial charge in [-0.15, -0.1) is 0 Å². The lowest BCUT2D eigenvalue weighted by Gasteiger charge is -2.27. The molecule has 0 aromatic carbocycles. The van der Waals surface area contributed by atoms with Gasteiger partial charge >= 0.3 is 0 Å². The zero-order chi connectivity index (χ0) is 14.8. The second-order valence-corrected chi connectivity index (χ2v) is 7.26. The minimum absolute atomic E-state index is 0.0580. The smallest absolute Gasteiger partial charge is 0.254 e. The number of halogens is 1. The second kappa shape index (κ2) is 6.07. The van der Waals surface area contributed by atoms with Crippen LogP contribution < -0.4 is 0 Å². The van der Waals surface area contributed by atoms with Gasteiger partial charge in [0, 0.05) is 24.3 Å². The number of hydrogen-bond acceptors (Lipinski definition) is 5. The summed E-state index contributed by atoms with van der Waals surface area (Å²) >= 11 is 5.75. The van der Waals surface area contributed by atoms with Crippen molar-refractivity contribution in [1.82, 2.24) is 9.88 Å². The van der Waals surface area contributed by atoms with Gasteiger partial charge in [0.25, 0.3) is 5.91 Å². The van der Waals surface area contributed by atoms with Crippen LogP contribution in [0, 0.1) is 0 Å². The molecule has 1 fully saturated rings. The monoisotopic (exact) mass is 318 g/mol. The predicted molar refractivity (Wildman–Crippen MR) is 74.4 cm³/mol. The van der Waals surface area contributed by atoms with Gasteiger partial charge in [-0.25, -0.2) is 13.4 Å². The van der Waals surface area contributed by atoms with E-state index in [4.69, 9.17) is 16.7 Å². The van der Waals surface area contributed by atoms with E-state index in [9.17, 15) is 13.2 Å². The maximum atomic E-state index is 12.4. The number of carbonyl (C=O) groups is 1. The molecule has 110 valence electrons. The van der Waals surface area contributed by atoms with E-state index in [1.807, 2.05) is 0 Å². The SMILES string of the molecule is O=C(c1ccnc(Cl)c1)N(CCO)C1CCS(=O)(=O)C1. The Kier molecular flexibility index (Phi) is 4.62. The topological polar surface area (TPSA) is 87.6 Å². The highest BCUT2D eigenvalue weighted by atomic mass is 35.5. The van der Waals surface area contributed by atoms with Crippen molar-refractivity contribution in [1.29, 1.82) is 0 Å². The molecule has 1 unspecified atom stereocenters. The molecule has 20 heavy (non-hydrogen) atoms. The van der Waals surface area contributed by atoms with Crippen molar-refractivity contribution in [2.75, 3.05) is 24.7 Å². The van der Waals surface area contributed by atoms with Gasteiger partial charge in [-0.3, -0.25) is 4.79 Å². The molecule has 1 aromatic rings. The standard InChI is InChI=1S/C12H15ClN2O4S/c13-11-7-9(1-3-14-11)12(17)15(4-5-16)10-2-6-20(18,19)8-10/h1,3,7,10,16H,2,4-6,8H2. The Hall–Kier alpha value is -1.18. The van der Waals surface area contributed by atoms with Crippen molar-refractivity contribution in [3.8, 4) is 0 Å². The number of amides is 1. The van der Waals surface area contributed by atoms with E-state index in [0.717, 1.165) is 0 Å². The molecule has 6 nitrogen and oxygen atoms in total. The van der Waals surface area contributed by atoms with Crippen molar-refractivity contribution in [3.63, 3.8) is 0 Å². The quantitative estimate of drug-likeness (QED) is 0.810. The average molecular weight is 319 g/mol. The largest absolute Gasteiger partial charge is 0.395 e. The molecule has 8 heteroatoms. The number of aliphatic hydroxyl groups is 1. The summed E-state index contributed by atoms with van der Waals surface area (Å²) < 4.78 is 23.1. The fourth-order valence-corrected chi connectivity index (χ4v) is 4.18. The number of aliphatic hydroxyl groups excluding tert-OH is 1. The molecular weight excluding hydrogens is 304 g/mol. The molecule has 1 N–H and O–H groups in total. The lowest BCUT2D eigenvalue weighted by Crippen LogP contribution is -2.42. The molecule has 0 aliphatic carbocycles. The fraction of sp³-hybridized carbons (Fsp3) is 0.500. The number of nitrogens with zero attached hydrogens (tertiary/aromatic N) is 2. The summed E-state index contributed by atoms with van der Waals surface area (Å²) in [5.41, 5.74) is 0.336. The first-order valence-electron chi connectivity index (χ1n) is 6.17. The molecule has 0 radical (unpaired) electrons. The normalized spacial score (nSPS) is 20.8. The third-order valence-corrected chi connectivity index (χ3v) is 5.18. The van der Waals surface area contributed by atoms with Gasteiger partial charge in [-0.1, -0.05) is 11.6 Å². The van der Waals surface area contributed by atoms with Crippen LogP contribution in [0.15, 0.2) is 18.3 Å². The lowest BCUT2D eigenvalue weighted by molar-refractivity contribution is 0.0655. The maximum Gasteiger partial charge on any atom is 0.254 e. The second-order valence-electron chi connectivity index (χ2n) is 4.65. The number of pyridine rings is 1. The average Bonchev–Trinajstić information content (AvgIpc) is 2.75. The van der Waals surface area contributed by atoms with Crippen LogP contribution in [0.2, 0.25) is 5.15 Å². The first-order chi connectivity index (χ1) is 9.43. The molecule has 1 atom stereocenters. The first-order valence-corrected chi connectivity index (χ1v) is 8.37. The third-order valence-electron chi connectivity index (χ3n) is 3.22. The lowest BCUT2D eigenvalue weighted by atomic mass is 10.1. The van der Waals surface area contributed by atoms with Gasteiger partial charge in [-0.2, -0.15) is 0 Å². The van der Waals surface area contributed by atoms with E-state index in [0.29, 0.717) is 12.0 Å². The number of sulfone groups is 1. The predicted octanol–water partition coefficient (Wildman–Crippen LogP) is 0.357. The maximum absolute atomic E-state index is 12.4. The Morgan fingerprint density at radius 1 is 1.55 bits per heavy atom. The van der Waals surface area contributed by atoms with Gasteiger partial charge in [-0.05, 0) is 18.6 Å². The van der Waals surface area contributed by atoms with Crippen LogP contribution in [0.3, 0.4) is 0 Å². The summed E-state index contributed by atoms with van der Waals surface area (Å²) in [5, 5.41) is 9.29. The Balaban J connectivity index is 2.22. The third kappa shape index (κ3) is 3.47. The van der Waals surface area contributed by atoms with Crippen molar-refractivity contribution in [2.24, 2.45) is 0 Å². The number of aromatic nitrogens is 1. The number of hydrogen-bond donors (Lipinski definition) is 1. The van der Waals surface area contributed by atoms with E-state index >= 15 is 0 Å². The summed E-state index contributed by atoms with van der Waals surface area (Å²) in [4.78, 5) is 17.6. The highest BCUT2D eigenvalue weighted by molar-refractivity contribution is 7.91. The molecule has 0 bridgehead atoms. The summed E-state index contributed by atoms with van der Waals surface area (Å²) in [6.07, 6.45) is 1.81.